The average molecular weight is 519 g/mol. The highest BCUT2D eigenvalue weighted by Gasteiger charge is 2.29. The maximum absolute atomic E-state index is 12.9. The van der Waals surface area contributed by atoms with E-state index in [1.807, 2.05) is 12.1 Å². The summed E-state index contributed by atoms with van der Waals surface area (Å²) in [7, 11) is 1.58. The number of hydrazone groups is 1. The molecule has 0 saturated carbocycles. The summed E-state index contributed by atoms with van der Waals surface area (Å²) >= 11 is 18.9. The molecule has 2 aromatic carbocycles. The Hall–Kier alpha value is -1.34. The van der Waals surface area contributed by atoms with Crippen molar-refractivity contribution in [3.8, 4) is 5.75 Å². The standard InChI is InChI=1S/C18H12Br2Cl2N2O2/c1-9-13(6-10-5-11(19)7-14(20)17(10)26-2)18(25)24(23-9)12-3-4-15(21)16(22)8-12/h3-8H,1-2H3/b13-6+. The molecule has 1 aliphatic heterocycles. The van der Waals surface area contributed by atoms with Crippen molar-refractivity contribution in [2.45, 2.75) is 6.92 Å². The number of methoxy groups -OCH3 is 1. The first-order valence-electron chi connectivity index (χ1n) is 7.41. The van der Waals surface area contributed by atoms with Crippen LogP contribution in [-0.4, -0.2) is 18.7 Å². The Labute approximate surface area is 177 Å². The van der Waals surface area contributed by atoms with Crippen LogP contribution in [0.1, 0.15) is 12.5 Å². The van der Waals surface area contributed by atoms with E-state index in [9.17, 15) is 4.79 Å². The number of carbonyl (C=O) groups is 1. The maximum atomic E-state index is 12.9. The average Bonchev–Trinajstić information content (AvgIpc) is 2.85. The molecule has 0 unspecified atom stereocenters. The molecule has 0 spiro atoms. The molecule has 26 heavy (non-hydrogen) atoms. The summed E-state index contributed by atoms with van der Waals surface area (Å²) in [6.07, 6.45) is 1.76. The minimum absolute atomic E-state index is 0.251. The van der Waals surface area contributed by atoms with E-state index in [0.29, 0.717) is 32.8 Å². The molecule has 0 bridgehead atoms. The second-order valence-corrected chi connectivity index (χ2v) is 8.05. The van der Waals surface area contributed by atoms with Crippen LogP contribution in [0.25, 0.3) is 6.08 Å². The van der Waals surface area contributed by atoms with Gasteiger partial charge in [0.2, 0.25) is 0 Å². The van der Waals surface area contributed by atoms with E-state index in [1.165, 1.54) is 5.01 Å². The van der Waals surface area contributed by atoms with Gasteiger partial charge >= 0.3 is 0 Å². The molecule has 1 heterocycles. The van der Waals surface area contributed by atoms with Crippen molar-refractivity contribution in [1.82, 2.24) is 0 Å². The number of ether oxygens (including phenoxy) is 1. The van der Waals surface area contributed by atoms with Crippen molar-refractivity contribution in [1.29, 1.82) is 0 Å². The summed E-state index contributed by atoms with van der Waals surface area (Å²) in [5.74, 6) is 0.383. The van der Waals surface area contributed by atoms with Gasteiger partial charge in [-0.25, -0.2) is 0 Å². The number of hydrogen-bond acceptors (Lipinski definition) is 3. The number of carbonyl (C=O) groups excluding carboxylic acids is 1. The first kappa shape index (κ1) is 19.4. The summed E-state index contributed by atoms with van der Waals surface area (Å²) in [6.45, 7) is 1.78. The SMILES string of the molecule is COc1c(Br)cc(Br)cc1/C=C1/C(=O)N(c2ccc(Cl)c(Cl)c2)N=C1C. The van der Waals surface area contributed by atoms with Crippen LogP contribution in [0.5, 0.6) is 5.75 Å². The van der Waals surface area contributed by atoms with Crippen LogP contribution in [0.4, 0.5) is 5.69 Å². The van der Waals surface area contributed by atoms with E-state index in [1.54, 1.807) is 38.3 Å². The fourth-order valence-electron chi connectivity index (χ4n) is 2.53. The molecular formula is C18H12Br2Cl2N2O2. The number of nitrogens with zero attached hydrogens (tertiary/aromatic N) is 2. The molecular weight excluding hydrogens is 507 g/mol. The first-order chi connectivity index (χ1) is 12.3. The summed E-state index contributed by atoms with van der Waals surface area (Å²) in [5.41, 5.74) is 2.37. The number of rotatable bonds is 3. The molecule has 8 heteroatoms. The Bertz CT molecular complexity index is 974. The van der Waals surface area contributed by atoms with Crippen LogP contribution in [0, 0.1) is 0 Å². The van der Waals surface area contributed by atoms with E-state index in [-0.39, 0.29) is 5.91 Å². The zero-order valence-electron chi connectivity index (χ0n) is 13.7. The summed E-state index contributed by atoms with van der Waals surface area (Å²) in [5, 5.41) is 6.44. The highest BCUT2D eigenvalue weighted by Crippen LogP contribution is 2.36. The third-order valence-corrected chi connectivity index (χ3v) is 5.54. The van der Waals surface area contributed by atoms with Gasteiger partial charge < -0.3 is 4.74 Å². The number of hydrogen-bond donors (Lipinski definition) is 0. The largest absolute Gasteiger partial charge is 0.495 e. The lowest BCUT2D eigenvalue weighted by Crippen LogP contribution is -2.21. The Morgan fingerprint density at radius 2 is 1.88 bits per heavy atom. The molecule has 4 nitrogen and oxygen atoms in total. The van der Waals surface area contributed by atoms with Crippen molar-refractivity contribution < 1.29 is 9.53 Å². The van der Waals surface area contributed by atoms with Gasteiger partial charge in [-0.05, 0) is 59.3 Å². The molecule has 0 fully saturated rings. The van der Waals surface area contributed by atoms with E-state index < -0.39 is 0 Å². The van der Waals surface area contributed by atoms with Crippen molar-refractivity contribution in [3.05, 3.63) is 60.5 Å². The van der Waals surface area contributed by atoms with Crippen LogP contribution in [0.15, 0.2) is 50.0 Å². The highest BCUT2D eigenvalue weighted by atomic mass is 79.9. The van der Waals surface area contributed by atoms with Crippen LogP contribution in [0.3, 0.4) is 0 Å². The second-order valence-electron chi connectivity index (χ2n) is 5.47. The van der Waals surface area contributed by atoms with Gasteiger partial charge in [-0.15, -0.1) is 0 Å². The topological polar surface area (TPSA) is 41.9 Å². The second kappa shape index (κ2) is 7.72. The lowest BCUT2D eigenvalue weighted by atomic mass is 10.1. The Morgan fingerprint density at radius 1 is 1.15 bits per heavy atom. The van der Waals surface area contributed by atoms with E-state index in [2.05, 4.69) is 37.0 Å². The van der Waals surface area contributed by atoms with Crippen molar-refractivity contribution in [3.63, 3.8) is 0 Å². The van der Waals surface area contributed by atoms with Crippen molar-refractivity contribution in [2.24, 2.45) is 5.10 Å². The van der Waals surface area contributed by atoms with Gasteiger partial charge in [-0.2, -0.15) is 10.1 Å². The lowest BCUT2D eigenvalue weighted by molar-refractivity contribution is -0.114. The van der Waals surface area contributed by atoms with Crippen LogP contribution >= 0.6 is 55.1 Å². The monoisotopic (exact) mass is 516 g/mol. The summed E-state index contributed by atoms with van der Waals surface area (Å²) in [6, 6.07) is 8.69. The number of anilines is 1. The molecule has 0 saturated heterocycles. The van der Waals surface area contributed by atoms with E-state index in [0.717, 1.165) is 14.5 Å². The molecule has 0 aromatic heterocycles. The van der Waals surface area contributed by atoms with Crippen molar-refractivity contribution >= 4 is 78.4 Å². The van der Waals surface area contributed by atoms with Crippen LogP contribution in [0.2, 0.25) is 10.0 Å². The highest BCUT2D eigenvalue weighted by molar-refractivity contribution is 9.11. The minimum atomic E-state index is -0.251. The molecule has 0 aliphatic carbocycles. The normalized spacial score (nSPS) is 15.6. The van der Waals surface area contributed by atoms with Crippen molar-refractivity contribution in [2.75, 3.05) is 12.1 Å². The van der Waals surface area contributed by atoms with Gasteiger partial charge in [0.25, 0.3) is 5.91 Å². The Kier molecular flexibility index (Phi) is 5.77. The van der Waals surface area contributed by atoms with Crippen LogP contribution in [-0.2, 0) is 4.79 Å². The summed E-state index contributed by atoms with van der Waals surface area (Å²) < 4.78 is 7.08. The zero-order chi connectivity index (χ0) is 19.0. The van der Waals surface area contributed by atoms with Gasteiger partial charge in [0.1, 0.15) is 5.75 Å². The van der Waals surface area contributed by atoms with E-state index >= 15 is 0 Å². The molecule has 1 amide bonds. The van der Waals surface area contributed by atoms with Crippen LogP contribution < -0.4 is 9.75 Å². The van der Waals surface area contributed by atoms with Gasteiger partial charge in [0.15, 0.2) is 0 Å². The molecule has 134 valence electrons. The Balaban J connectivity index is 2.03. The van der Waals surface area contributed by atoms with Gasteiger partial charge in [0.05, 0.1) is 38.6 Å². The number of benzene rings is 2. The predicted octanol–water partition coefficient (Wildman–Crippen LogP) is 6.33. The first-order valence-corrected chi connectivity index (χ1v) is 9.76. The zero-order valence-corrected chi connectivity index (χ0v) is 18.4. The lowest BCUT2D eigenvalue weighted by Gasteiger charge is -2.13. The third-order valence-electron chi connectivity index (χ3n) is 3.75. The quantitative estimate of drug-likeness (QED) is 0.445. The minimum Gasteiger partial charge on any atom is -0.495 e. The summed E-state index contributed by atoms with van der Waals surface area (Å²) in [4.78, 5) is 12.9. The van der Waals surface area contributed by atoms with Gasteiger partial charge in [0, 0.05) is 10.0 Å². The molecule has 0 radical (unpaired) electrons. The fourth-order valence-corrected chi connectivity index (χ4v) is 4.25. The smallest absolute Gasteiger partial charge is 0.280 e. The number of amides is 1. The fraction of sp³-hybridized carbons (Fsp3) is 0.111. The van der Waals surface area contributed by atoms with E-state index in [4.69, 9.17) is 27.9 Å². The molecule has 0 N–H and O–H groups in total. The maximum Gasteiger partial charge on any atom is 0.280 e. The van der Waals surface area contributed by atoms with Gasteiger partial charge in [-0.3, -0.25) is 4.79 Å². The molecule has 3 rings (SSSR count). The molecule has 2 aromatic rings. The predicted molar refractivity (Wildman–Crippen MR) is 113 cm³/mol. The number of halogens is 4. The molecule has 1 aliphatic rings. The molecule has 0 atom stereocenters. The Morgan fingerprint density at radius 3 is 2.54 bits per heavy atom. The third kappa shape index (κ3) is 3.69. The van der Waals surface area contributed by atoms with Gasteiger partial charge in [-0.1, -0.05) is 39.1 Å².